The molecule has 3 nitrogen and oxygen atoms in total. The van der Waals surface area contributed by atoms with Gasteiger partial charge in [0.05, 0.1) is 5.56 Å². The van der Waals surface area contributed by atoms with Crippen molar-refractivity contribution in [2.75, 3.05) is 0 Å². The summed E-state index contributed by atoms with van der Waals surface area (Å²) in [6, 6.07) is 10.5. The lowest BCUT2D eigenvalue weighted by Crippen LogP contribution is -2.06. The highest BCUT2D eigenvalue weighted by molar-refractivity contribution is 6.30. The van der Waals surface area contributed by atoms with Crippen molar-refractivity contribution in [1.29, 1.82) is 0 Å². The maximum absolute atomic E-state index is 11.1. The molecule has 0 aliphatic heterocycles. The molecule has 2 rings (SSSR count). The number of ether oxygens (including phenoxy) is 1. The fraction of sp³-hybridized carbons (Fsp3) is 0.188. The zero-order valence-corrected chi connectivity index (χ0v) is 12.1. The van der Waals surface area contributed by atoms with Crippen LogP contribution in [0.25, 0.3) is 0 Å². The molecule has 0 saturated carbocycles. The van der Waals surface area contributed by atoms with Crippen LogP contribution in [0.5, 0.6) is 5.75 Å². The Morgan fingerprint density at radius 2 is 1.80 bits per heavy atom. The number of hydrogen-bond acceptors (Lipinski definition) is 2. The molecule has 1 N–H and O–H groups in total. The first-order chi connectivity index (χ1) is 9.49. The summed E-state index contributed by atoms with van der Waals surface area (Å²) < 4.78 is 5.78. The van der Waals surface area contributed by atoms with Crippen LogP contribution in [0.3, 0.4) is 0 Å². The van der Waals surface area contributed by atoms with Gasteiger partial charge < -0.3 is 9.84 Å². The summed E-state index contributed by atoms with van der Waals surface area (Å²) >= 11 is 5.97. The van der Waals surface area contributed by atoms with E-state index in [0.717, 1.165) is 16.9 Å². The number of carboxylic acids is 1. The number of hydrogen-bond donors (Lipinski definition) is 1. The van der Waals surface area contributed by atoms with E-state index in [1.54, 1.807) is 24.3 Å². The minimum absolute atomic E-state index is 0.214. The molecule has 0 saturated heterocycles. The summed E-state index contributed by atoms with van der Waals surface area (Å²) in [5.74, 6) is -0.205. The fourth-order valence-corrected chi connectivity index (χ4v) is 2.46. The molecule has 0 unspecified atom stereocenters. The van der Waals surface area contributed by atoms with Crippen molar-refractivity contribution in [2.45, 2.75) is 20.5 Å². The summed E-state index contributed by atoms with van der Waals surface area (Å²) in [5.41, 5.74) is 2.77. The van der Waals surface area contributed by atoms with Gasteiger partial charge in [0.25, 0.3) is 0 Å². The zero-order valence-electron chi connectivity index (χ0n) is 11.3. The molecule has 0 spiro atoms. The molecule has 0 fully saturated rings. The van der Waals surface area contributed by atoms with Gasteiger partial charge in [0, 0.05) is 10.6 Å². The molecule has 4 heteroatoms. The second kappa shape index (κ2) is 5.97. The first-order valence-corrected chi connectivity index (χ1v) is 6.57. The highest BCUT2D eigenvalue weighted by atomic mass is 35.5. The lowest BCUT2D eigenvalue weighted by molar-refractivity contribution is 0.0694. The van der Waals surface area contributed by atoms with Gasteiger partial charge in [-0.25, -0.2) is 4.79 Å². The van der Waals surface area contributed by atoms with Crippen LogP contribution >= 0.6 is 11.6 Å². The predicted molar refractivity (Wildman–Crippen MR) is 78.7 cm³/mol. The van der Waals surface area contributed by atoms with E-state index in [4.69, 9.17) is 21.4 Å². The van der Waals surface area contributed by atoms with E-state index >= 15 is 0 Å². The number of rotatable bonds is 4. The van der Waals surface area contributed by atoms with E-state index in [-0.39, 0.29) is 12.2 Å². The molecule has 0 radical (unpaired) electrons. The Balaban J connectivity index is 2.24. The summed E-state index contributed by atoms with van der Waals surface area (Å²) in [7, 11) is 0. The molecule has 2 aromatic carbocycles. The smallest absolute Gasteiger partial charge is 0.336 e. The molecule has 104 valence electrons. The Kier molecular flexibility index (Phi) is 4.30. The number of benzene rings is 2. The van der Waals surface area contributed by atoms with Crippen LogP contribution in [0.15, 0.2) is 36.4 Å². The number of carboxylic acid groups (broad SMARTS) is 1. The number of halogens is 1. The van der Waals surface area contributed by atoms with Crippen LogP contribution in [0.4, 0.5) is 0 Å². The van der Waals surface area contributed by atoms with Crippen LogP contribution in [0.1, 0.15) is 27.0 Å². The van der Waals surface area contributed by atoms with Crippen molar-refractivity contribution in [3.63, 3.8) is 0 Å². The first kappa shape index (κ1) is 14.4. The third-order valence-electron chi connectivity index (χ3n) is 3.04. The van der Waals surface area contributed by atoms with Crippen molar-refractivity contribution in [3.05, 3.63) is 63.7 Å². The van der Waals surface area contributed by atoms with Crippen molar-refractivity contribution >= 4 is 17.6 Å². The molecular weight excluding hydrogens is 276 g/mol. The third kappa shape index (κ3) is 3.11. The second-order valence-corrected chi connectivity index (χ2v) is 5.06. The van der Waals surface area contributed by atoms with Crippen LogP contribution in [-0.4, -0.2) is 11.1 Å². The normalized spacial score (nSPS) is 10.3. The molecule has 0 bridgehead atoms. The van der Waals surface area contributed by atoms with Crippen LogP contribution in [0.2, 0.25) is 5.02 Å². The SMILES string of the molecule is Cc1cc(Cl)cc(C)c1OCc1ccccc1C(=O)O. The predicted octanol–water partition coefficient (Wildman–Crippen LogP) is 4.23. The maximum atomic E-state index is 11.1. The van der Waals surface area contributed by atoms with E-state index in [0.29, 0.717) is 10.6 Å². The Labute approximate surface area is 122 Å². The highest BCUT2D eigenvalue weighted by Crippen LogP contribution is 2.28. The molecule has 2 aromatic rings. The first-order valence-electron chi connectivity index (χ1n) is 6.20. The van der Waals surface area contributed by atoms with E-state index in [9.17, 15) is 4.79 Å². The Morgan fingerprint density at radius 1 is 1.20 bits per heavy atom. The summed E-state index contributed by atoms with van der Waals surface area (Å²) in [5, 5.41) is 9.80. The molecule has 0 amide bonds. The molecular formula is C16H15ClO3. The summed E-state index contributed by atoms with van der Waals surface area (Å²) in [4.78, 5) is 11.1. The van der Waals surface area contributed by atoms with Gasteiger partial charge in [0.1, 0.15) is 12.4 Å². The number of carbonyl (C=O) groups is 1. The quantitative estimate of drug-likeness (QED) is 0.916. The number of aromatic carboxylic acids is 1. The monoisotopic (exact) mass is 290 g/mol. The van der Waals surface area contributed by atoms with Gasteiger partial charge in [0.2, 0.25) is 0 Å². The van der Waals surface area contributed by atoms with E-state index in [1.165, 1.54) is 0 Å². The number of aryl methyl sites for hydroxylation is 2. The third-order valence-corrected chi connectivity index (χ3v) is 3.26. The molecule has 0 aromatic heterocycles. The highest BCUT2D eigenvalue weighted by Gasteiger charge is 2.11. The Hall–Kier alpha value is -2.00. The van der Waals surface area contributed by atoms with Gasteiger partial charge in [-0.1, -0.05) is 29.8 Å². The van der Waals surface area contributed by atoms with E-state index in [2.05, 4.69) is 0 Å². The molecule has 0 aliphatic carbocycles. The maximum Gasteiger partial charge on any atom is 0.336 e. The fourth-order valence-electron chi connectivity index (χ4n) is 2.13. The topological polar surface area (TPSA) is 46.5 Å². The van der Waals surface area contributed by atoms with Crippen LogP contribution < -0.4 is 4.74 Å². The van der Waals surface area contributed by atoms with Crippen LogP contribution in [0, 0.1) is 13.8 Å². The summed E-state index contributed by atoms with van der Waals surface area (Å²) in [6.07, 6.45) is 0. The Bertz CT molecular complexity index is 627. The van der Waals surface area contributed by atoms with E-state index < -0.39 is 5.97 Å². The van der Waals surface area contributed by atoms with E-state index in [1.807, 2.05) is 26.0 Å². The molecule has 0 aliphatic rings. The van der Waals surface area contributed by atoms with Crippen molar-refractivity contribution in [3.8, 4) is 5.75 Å². The van der Waals surface area contributed by atoms with Gasteiger partial charge in [-0.3, -0.25) is 0 Å². The summed E-state index contributed by atoms with van der Waals surface area (Å²) in [6.45, 7) is 4.04. The van der Waals surface area contributed by atoms with Crippen LogP contribution in [-0.2, 0) is 6.61 Å². The minimum Gasteiger partial charge on any atom is -0.488 e. The van der Waals surface area contributed by atoms with Gasteiger partial charge in [-0.05, 0) is 43.2 Å². The average Bonchev–Trinajstić information content (AvgIpc) is 2.37. The standard InChI is InChI=1S/C16H15ClO3/c1-10-7-13(17)8-11(2)15(10)20-9-12-5-3-4-6-14(12)16(18)19/h3-8H,9H2,1-2H3,(H,18,19). The molecule has 0 atom stereocenters. The molecule has 0 heterocycles. The van der Waals surface area contributed by atoms with Crippen molar-refractivity contribution in [2.24, 2.45) is 0 Å². The zero-order chi connectivity index (χ0) is 14.7. The lowest BCUT2D eigenvalue weighted by atomic mass is 10.1. The van der Waals surface area contributed by atoms with Gasteiger partial charge >= 0.3 is 5.97 Å². The Morgan fingerprint density at radius 3 is 2.40 bits per heavy atom. The largest absolute Gasteiger partial charge is 0.488 e. The molecule has 20 heavy (non-hydrogen) atoms. The van der Waals surface area contributed by atoms with Gasteiger partial charge in [-0.15, -0.1) is 0 Å². The van der Waals surface area contributed by atoms with Crippen molar-refractivity contribution in [1.82, 2.24) is 0 Å². The van der Waals surface area contributed by atoms with Gasteiger partial charge in [-0.2, -0.15) is 0 Å². The van der Waals surface area contributed by atoms with Crippen molar-refractivity contribution < 1.29 is 14.6 Å². The average molecular weight is 291 g/mol. The minimum atomic E-state index is -0.950. The van der Waals surface area contributed by atoms with Gasteiger partial charge in [0.15, 0.2) is 0 Å². The second-order valence-electron chi connectivity index (χ2n) is 4.62. The lowest BCUT2D eigenvalue weighted by Gasteiger charge is -2.13.